The number of rotatable bonds is 4. The number of aromatic nitrogens is 2. The number of aldehydes is 1. The summed E-state index contributed by atoms with van der Waals surface area (Å²) < 4.78 is 12.6. The number of aromatic hydroxyl groups is 1. The number of nitro benzene ring substituents is 1. The molecule has 2 aromatic carbocycles. The van der Waals surface area contributed by atoms with Crippen LogP contribution in [0.2, 0.25) is 0 Å². The fourth-order valence-corrected chi connectivity index (χ4v) is 3.52. The number of hydrogen-bond acceptors (Lipinski definition) is 7. The molecule has 0 fully saturated rings. The van der Waals surface area contributed by atoms with Crippen molar-refractivity contribution in [2.45, 2.75) is 32.1 Å². The number of nitrogens with two attached hydrogens (primary N) is 1. The number of nitrogens with zero attached hydrogens (tertiary/aromatic N) is 2. The lowest BCUT2D eigenvalue weighted by molar-refractivity contribution is -0.387. The summed E-state index contributed by atoms with van der Waals surface area (Å²) in [7, 11) is 0. The highest BCUT2D eigenvalue weighted by molar-refractivity contribution is 5.76. The molecule has 1 aromatic heterocycles. The molecule has 3 aromatic rings. The molecular formula is C22H21FN4O5. The normalized spacial score (nSPS) is 12.3. The van der Waals surface area contributed by atoms with Crippen molar-refractivity contribution in [3.63, 3.8) is 0 Å². The number of hydrogen-bond donors (Lipinski definition) is 3. The molecule has 1 heterocycles. The highest BCUT2D eigenvalue weighted by Gasteiger charge is 2.18. The fraction of sp³-hybridized carbons (Fsp3) is 0.227. The van der Waals surface area contributed by atoms with Crippen LogP contribution in [0.25, 0.3) is 0 Å². The lowest BCUT2D eigenvalue weighted by Crippen LogP contribution is -2.23. The van der Waals surface area contributed by atoms with Crippen molar-refractivity contribution in [1.82, 2.24) is 10.2 Å². The highest BCUT2D eigenvalue weighted by atomic mass is 19.1. The Bertz CT molecular complexity index is 1230. The minimum absolute atomic E-state index is 0.0614. The molecule has 1 aliphatic carbocycles. The van der Waals surface area contributed by atoms with Crippen molar-refractivity contribution >= 4 is 17.7 Å². The Kier molecular flexibility index (Phi) is 6.93. The van der Waals surface area contributed by atoms with Crippen molar-refractivity contribution in [3.05, 3.63) is 90.6 Å². The van der Waals surface area contributed by atoms with Crippen molar-refractivity contribution < 1.29 is 19.2 Å². The minimum Gasteiger partial charge on any atom is -0.506 e. The summed E-state index contributed by atoms with van der Waals surface area (Å²) in [5.41, 5.74) is 9.27. The number of anilines is 1. The molecule has 0 amide bonds. The van der Waals surface area contributed by atoms with E-state index in [2.05, 4.69) is 10.2 Å². The van der Waals surface area contributed by atoms with Gasteiger partial charge in [0.05, 0.1) is 16.3 Å². The zero-order valence-corrected chi connectivity index (χ0v) is 17.0. The van der Waals surface area contributed by atoms with Gasteiger partial charge in [-0.3, -0.25) is 19.7 Å². The number of halogens is 1. The van der Waals surface area contributed by atoms with Gasteiger partial charge in [-0.25, -0.2) is 5.10 Å². The lowest BCUT2D eigenvalue weighted by atomic mass is 9.90. The maximum Gasteiger partial charge on any atom is 0.305 e. The SMILES string of the molecule is Nc1cc(Cc2n[nH]c(=O)c3c2CCCC3)ccc1O.O=Cc1ccc(F)c([N+](=O)[O-])c1. The summed E-state index contributed by atoms with van der Waals surface area (Å²) >= 11 is 0. The smallest absolute Gasteiger partial charge is 0.305 e. The maximum absolute atomic E-state index is 12.6. The van der Waals surface area contributed by atoms with Crippen LogP contribution in [0, 0.1) is 15.9 Å². The summed E-state index contributed by atoms with van der Waals surface area (Å²) in [4.78, 5) is 31.2. The number of nitro groups is 1. The summed E-state index contributed by atoms with van der Waals surface area (Å²) in [6, 6.07) is 8.12. The summed E-state index contributed by atoms with van der Waals surface area (Å²) in [6.07, 6.45) is 4.94. The molecule has 0 atom stereocenters. The Morgan fingerprint density at radius 3 is 2.56 bits per heavy atom. The highest BCUT2D eigenvalue weighted by Crippen LogP contribution is 2.25. The van der Waals surface area contributed by atoms with Crippen LogP contribution in [0.15, 0.2) is 41.2 Å². The topological polar surface area (TPSA) is 152 Å². The molecule has 4 rings (SSSR count). The van der Waals surface area contributed by atoms with Crippen LogP contribution in [-0.4, -0.2) is 26.5 Å². The number of aromatic amines is 1. The average Bonchev–Trinajstić information content (AvgIpc) is 2.79. The fourth-order valence-electron chi connectivity index (χ4n) is 3.52. The molecule has 4 N–H and O–H groups in total. The quantitative estimate of drug-likeness (QED) is 0.185. The van der Waals surface area contributed by atoms with Crippen molar-refractivity contribution in [3.8, 4) is 5.75 Å². The van der Waals surface area contributed by atoms with Gasteiger partial charge in [-0.2, -0.15) is 9.49 Å². The van der Waals surface area contributed by atoms with E-state index in [9.17, 15) is 29.2 Å². The first-order valence-corrected chi connectivity index (χ1v) is 9.86. The maximum atomic E-state index is 12.6. The van der Waals surface area contributed by atoms with Gasteiger partial charge in [0.1, 0.15) is 12.0 Å². The zero-order chi connectivity index (χ0) is 23.3. The molecule has 1 aliphatic rings. The van der Waals surface area contributed by atoms with Gasteiger partial charge in [0.2, 0.25) is 5.82 Å². The van der Waals surface area contributed by atoms with Crippen molar-refractivity contribution in [2.24, 2.45) is 0 Å². The zero-order valence-electron chi connectivity index (χ0n) is 17.0. The minimum atomic E-state index is -0.939. The summed E-state index contributed by atoms with van der Waals surface area (Å²) in [5.74, 6) is -0.851. The molecule has 32 heavy (non-hydrogen) atoms. The number of carbonyl (C=O) groups is 1. The summed E-state index contributed by atoms with van der Waals surface area (Å²) in [6.45, 7) is 0. The molecule has 166 valence electrons. The molecule has 0 saturated heterocycles. The Balaban J connectivity index is 0.000000207. The third-order valence-electron chi connectivity index (χ3n) is 5.15. The second-order valence-electron chi connectivity index (χ2n) is 7.32. The predicted molar refractivity (Wildman–Crippen MR) is 115 cm³/mol. The monoisotopic (exact) mass is 440 g/mol. The van der Waals surface area contributed by atoms with Gasteiger partial charge >= 0.3 is 5.69 Å². The Labute approximate surface area is 181 Å². The predicted octanol–water partition coefficient (Wildman–Crippen LogP) is 3.07. The number of nitrogen functional groups attached to an aromatic ring is 1. The first-order chi connectivity index (χ1) is 15.3. The van der Waals surface area contributed by atoms with E-state index in [1.807, 2.05) is 6.07 Å². The number of fused-ring (bicyclic) bond motifs is 1. The van der Waals surface area contributed by atoms with E-state index in [1.165, 1.54) is 6.07 Å². The second kappa shape index (κ2) is 9.82. The standard InChI is InChI=1S/C15H17N3O2.C7H4FNO3/c16-12-7-9(5-6-14(12)19)8-13-10-3-1-2-4-11(10)15(20)18-17-13;8-6-2-1-5(4-10)3-7(6)9(11)12/h5-7,19H,1-4,8,16H2,(H,18,20);1-4H. The Morgan fingerprint density at radius 1 is 1.19 bits per heavy atom. The van der Waals surface area contributed by atoms with Gasteiger partial charge in [-0.1, -0.05) is 6.07 Å². The molecular weight excluding hydrogens is 419 g/mol. The third-order valence-corrected chi connectivity index (χ3v) is 5.15. The average molecular weight is 440 g/mol. The van der Waals surface area contributed by atoms with Gasteiger partial charge < -0.3 is 10.8 Å². The van der Waals surface area contributed by atoms with Crippen LogP contribution in [0.5, 0.6) is 5.75 Å². The van der Waals surface area contributed by atoms with Crippen LogP contribution in [0.4, 0.5) is 15.8 Å². The van der Waals surface area contributed by atoms with Gasteiger partial charge in [-0.15, -0.1) is 0 Å². The Hall–Kier alpha value is -4.08. The molecule has 0 saturated carbocycles. The van der Waals surface area contributed by atoms with E-state index in [4.69, 9.17) is 5.73 Å². The molecule has 0 radical (unpaired) electrons. The summed E-state index contributed by atoms with van der Waals surface area (Å²) in [5, 5.41) is 26.4. The first kappa shape index (κ1) is 22.6. The van der Waals surface area contributed by atoms with E-state index in [0.717, 1.165) is 60.2 Å². The molecule has 10 heteroatoms. The van der Waals surface area contributed by atoms with E-state index in [1.54, 1.807) is 12.1 Å². The third kappa shape index (κ3) is 5.15. The lowest BCUT2D eigenvalue weighted by Gasteiger charge is -2.17. The largest absolute Gasteiger partial charge is 0.506 e. The van der Waals surface area contributed by atoms with Crippen molar-refractivity contribution in [2.75, 3.05) is 5.73 Å². The number of phenolic OH excluding ortho intramolecular Hbond substituents is 1. The van der Waals surface area contributed by atoms with Gasteiger partial charge in [0.25, 0.3) is 5.56 Å². The molecule has 0 aliphatic heterocycles. The van der Waals surface area contributed by atoms with Crippen LogP contribution in [-0.2, 0) is 19.3 Å². The van der Waals surface area contributed by atoms with E-state index >= 15 is 0 Å². The number of H-pyrrole nitrogens is 1. The molecule has 0 unspecified atom stereocenters. The first-order valence-electron chi connectivity index (χ1n) is 9.86. The van der Waals surface area contributed by atoms with Gasteiger partial charge in [-0.05, 0) is 61.1 Å². The van der Waals surface area contributed by atoms with Crippen LogP contribution in [0.1, 0.15) is 45.6 Å². The van der Waals surface area contributed by atoms with Crippen LogP contribution in [0.3, 0.4) is 0 Å². The van der Waals surface area contributed by atoms with Crippen LogP contribution >= 0.6 is 0 Å². The van der Waals surface area contributed by atoms with E-state index in [0.29, 0.717) is 18.4 Å². The van der Waals surface area contributed by atoms with Gasteiger partial charge in [0, 0.05) is 23.6 Å². The number of carbonyl (C=O) groups excluding carboxylic acids is 1. The molecule has 0 bridgehead atoms. The number of phenols is 1. The van der Waals surface area contributed by atoms with E-state index in [-0.39, 0.29) is 16.9 Å². The molecule has 9 nitrogen and oxygen atoms in total. The Morgan fingerprint density at radius 2 is 1.91 bits per heavy atom. The van der Waals surface area contributed by atoms with Gasteiger partial charge in [0.15, 0.2) is 0 Å². The number of nitrogens with one attached hydrogen (secondary N) is 1. The second-order valence-corrected chi connectivity index (χ2v) is 7.32. The van der Waals surface area contributed by atoms with Crippen LogP contribution < -0.4 is 11.3 Å². The molecule has 0 spiro atoms. The van der Waals surface area contributed by atoms with E-state index < -0.39 is 16.4 Å². The number of benzene rings is 2. The van der Waals surface area contributed by atoms with Crippen molar-refractivity contribution in [1.29, 1.82) is 0 Å².